The predicted octanol–water partition coefficient (Wildman–Crippen LogP) is 4.15. The molecule has 7 nitrogen and oxygen atoms in total. The van der Waals surface area contributed by atoms with Crippen LogP contribution < -0.4 is 5.32 Å². The summed E-state index contributed by atoms with van der Waals surface area (Å²) in [4.78, 5) is 24.1. The highest BCUT2D eigenvalue weighted by molar-refractivity contribution is 9.10. The van der Waals surface area contributed by atoms with Gasteiger partial charge < -0.3 is 14.6 Å². The molecule has 2 aromatic carbocycles. The lowest BCUT2D eigenvalue weighted by Crippen LogP contribution is -2.15. The van der Waals surface area contributed by atoms with Gasteiger partial charge in [-0.3, -0.25) is 4.79 Å². The van der Waals surface area contributed by atoms with Gasteiger partial charge >= 0.3 is 5.97 Å². The van der Waals surface area contributed by atoms with Gasteiger partial charge in [0.15, 0.2) is 11.0 Å². The average molecular weight is 475 g/mol. The number of anilines is 1. The Morgan fingerprint density at radius 1 is 1.17 bits per heavy atom. The number of aromatic nitrogens is 3. The molecule has 3 aromatic rings. The highest BCUT2D eigenvalue weighted by atomic mass is 79.9. The van der Waals surface area contributed by atoms with E-state index in [0.29, 0.717) is 23.0 Å². The van der Waals surface area contributed by atoms with Crippen LogP contribution in [-0.4, -0.2) is 39.0 Å². The second-order valence-corrected chi connectivity index (χ2v) is 7.87. The van der Waals surface area contributed by atoms with Crippen LogP contribution in [0.25, 0.3) is 11.4 Å². The first-order valence-corrected chi connectivity index (χ1v) is 10.6. The number of thioether (sulfide) groups is 1. The van der Waals surface area contributed by atoms with Gasteiger partial charge in [-0.25, -0.2) is 4.79 Å². The Hall–Kier alpha value is -2.65. The molecule has 0 radical (unpaired) electrons. The third-order valence-electron chi connectivity index (χ3n) is 3.93. The summed E-state index contributed by atoms with van der Waals surface area (Å²) in [6.07, 6.45) is 0. The quantitative estimate of drug-likeness (QED) is 0.408. The van der Waals surface area contributed by atoms with Crippen molar-refractivity contribution in [3.8, 4) is 11.4 Å². The SMILES string of the molecule is CCOC(=O)c1cccc(NC(=O)CSc2nnc(-c3ccc(Br)cc3)n2C)c1. The molecule has 0 spiro atoms. The third-order valence-corrected chi connectivity index (χ3v) is 5.48. The van der Waals surface area contributed by atoms with Gasteiger partial charge in [0.05, 0.1) is 17.9 Å². The van der Waals surface area contributed by atoms with Crippen molar-refractivity contribution >= 4 is 45.3 Å². The second kappa shape index (κ2) is 9.71. The van der Waals surface area contributed by atoms with Crippen LogP contribution in [0.4, 0.5) is 5.69 Å². The van der Waals surface area contributed by atoms with Crippen LogP contribution in [-0.2, 0) is 16.6 Å². The van der Waals surface area contributed by atoms with Crippen molar-refractivity contribution in [3.63, 3.8) is 0 Å². The summed E-state index contributed by atoms with van der Waals surface area (Å²) in [5.74, 6) is 0.264. The maximum atomic E-state index is 12.3. The molecule has 0 aliphatic rings. The zero-order valence-electron chi connectivity index (χ0n) is 15.9. The molecule has 0 aliphatic heterocycles. The van der Waals surface area contributed by atoms with Crippen molar-refractivity contribution in [2.75, 3.05) is 17.7 Å². The van der Waals surface area contributed by atoms with E-state index in [4.69, 9.17) is 4.74 Å². The fourth-order valence-electron chi connectivity index (χ4n) is 2.56. The smallest absolute Gasteiger partial charge is 0.338 e. The van der Waals surface area contributed by atoms with E-state index in [1.807, 2.05) is 35.9 Å². The summed E-state index contributed by atoms with van der Waals surface area (Å²) >= 11 is 4.70. The zero-order valence-corrected chi connectivity index (χ0v) is 18.3. The molecule has 150 valence electrons. The van der Waals surface area contributed by atoms with Gasteiger partial charge in [-0.05, 0) is 37.3 Å². The van der Waals surface area contributed by atoms with Crippen molar-refractivity contribution in [1.29, 1.82) is 0 Å². The molecule has 29 heavy (non-hydrogen) atoms. The molecule has 1 heterocycles. The van der Waals surface area contributed by atoms with Gasteiger partial charge in [0.2, 0.25) is 5.91 Å². The first-order chi connectivity index (χ1) is 14.0. The molecule has 0 atom stereocenters. The van der Waals surface area contributed by atoms with E-state index in [2.05, 4.69) is 31.4 Å². The minimum atomic E-state index is -0.419. The summed E-state index contributed by atoms with van der Waals surface area (Å²) in [5.41, 5.74) is 1.87. The molecule has 1 aromatic heterocycles. The fourth-order valence-corrected chi connectivity index (χ4v) is 3.53. The van der Waals surface area contributed by atoms with Crippen molar-refractivity contribution in [2.45, 2.75) is 12.1 Å². The van der Waals surface area contributed by atoms with Crippen molar-refractivity contribution < 1.29 is 14.3 Å². The number of nitrogens with zero attached hydrogens (tertiary/aromatic N) is 3. The summed E-state index contributed by atoms with van der Waals surface area (Å²) < 4.78 is 7.81. The highest BCUT2D eigenvalue weighted by Gasteiger charge is 2.14. The molecule has 0 fully saturated rings. The van der Waals surface area contributed by atoms with Crippen LogP contribution >= 0.6 is 27.7 Å². The van der Waals surface area contributed by atoms with Gasteiger partial charge in [0.25, 0.3) is 0 Å². The lowest BCUT2D eigenvalue weighted by atomic mass is 10.2. The topological polar surface area (TPSA) is 86.1 Å². The van der Waals surface area contributed by atoms with Gasteiger partial charge in [0, 0.05) is 22.8 Å². The third kappa shape index (κ3) is 5.45. The first kappa shape index (κ1) is 21.1. The number of carbonyl (C=O) groups is 2. The Morgan fingerprint density at radius 3 is 2.66 bits per heavy atom. The Bertz CT molecular complexity index is 1020. The maximum absolute atomic E-state index is 12.3. The first-order valence-electron chi connectivity index (χ1n) is 8.83. The van der Waals surface area contributed by atoms with E-state index < -0.39 is 5.97 Å². The van der Waals surface area contributed by atoms with Gasteiger partial charge in [-0.15, -0.1) is 10.2 Å². The number of hydrogen-bond donors (Lipinski definition) is 1. The largest absolute Gasteiger partial charge is 0.462 e. The number of amides is 1. The lowest BCUT2D eigenvalue weighted by Gasteiger charge is -2.07. The molecular formula is C20H19BrN4O3S. The molecule has 0 unspecified atom stereocenters. The van der Waals surface area contributed by atoms with Crippen molar-refractivity contribution in [3.05, 3.63) is 58.6 Å². The standard InChI is InChI=1S/C20H19BrN4O3S/c1-3-28-19(27)14-5-4-6-16(11-14)22-17(26)12-29-20-24-23-18(25(20)2)13-7-9-15(21)10-8-13/h4-11H,3,12H2,1-2H3,(H,22,26). The van der Waals surface area contributed by atoms with Crippen molar-refractivity contribution in [1.82, 2.24) is 14.8 Å². The van der Waals surface area contributed by atoms with E-state index in [1.165, 1.54) is 11.8 Å². The van der Waals surface area contributed by atoms with Crippen LogP contribution in [0.5, 0.6) is 0 Å². The Balaban J connectivity index is 1.61. The number of rotatable bonds is 7. The lowest BCUT2D eigenvalue weighted by molar-refractivity contribution is -0.113. The van der Waals surface area contributed by atoms with Gasteiger partial charge in [-0.2, -0.15) is 0 Å². The van der Waals surface area contributed by atoms with Crippen LogP contribution in [0.1, 0.15) is 17.3 Å². The monoisotopic (exact) mass is 474 g/mol. The van der Waals surface area contributed by atoms with Crippen LogP contribution in [0.3, 0.4) is 0 Å². The molecule has 1 amide bonds. The minimum Gasteiger partial charge on any atom is -0.462 e. The molecule has 3 rings (SSSR count). The Kier molecular flexibility index (Phi) is 7.05. The zero-order chi connectivity index (χ0) is 20.8. The number of hydrogen-bond acceptors (Lipinski definition) is 6. The van der Waals surface area contributed by atoms with E-state index in [-0.39, 0.29) is 11.7 Å². The number of halogens is 1. The van der Waals surface area contributed by atoms with Gasteiger partial charge in [-0.1, -0.05) is 45.9 Å². The van der Waals surface area contributed by atoms with E-state index in [0.717, 1.165) is 15.9 Å². The predicted molar refractivity (Wildman–Crippen MR) is 116 cm³/mol. The molecule has 0 bridgehead atoms. The minimum absolute atomic E-state index is 0.163. The number of ether oxygens (including phenoxy) is 1. The highest BCUT2D eigenvalue weighted by Crippen LogP contribution is 2.24. The Morgan fingerprint density at radius 2 is 1.93 bits per heavy atom. The Labute approximate surface area is 181 Å². The number of nitrogens with one attached hydrogen (secondary N) is 1. The molecule has 9 heteroatoms. The van der Waals surface area contributed by atoms with Crippen LogP contribution in [0.15, 0.2) is 58.2 Å². The van der Waals surface area contributed by atoms with Gasteiger partial charge in [0.1, 0.15) is 0 Å². The summed E-state index contributed by atoms with van der Waals surface area (Å²) in [7, 11) is 1.86. The van der Waals surface area contributed by atoms with Crippen LogP contribution in [0.2, 0.25) is 0 Å². The van der Waals surface area contributed by atoms with E-state index in [1.54, 1.807) is 31.2 Å². The molecule has 0 aliphatic carbocycles. The molecular weight excluding hydrogens is 456 g/mol. The number of esters is 1. The molecule has 0 saturated carbocycles. The summed E-state index contributed by atoms with van der Waals surface area (Å²) in [6, 6.07) is 14.4. The summed E-state index contributed by atoms with van der Waals surface area (Å²) in [6.45, 7) is 2.04. The normalized spacial score (nSPS) is 10.6. The molecule has 0 saturated heterocycles. The number of benzene rings is 2. The van der Waals surface area contributed by atoms with E-state index >= 15 is 0 Å². The second-order valence-electron chi connectivity index (χ2n) is 6.01. The average Bonchev–Trinajstić information content (AvgIpc) is 3.08. The number of carbonyl (C=O) groups excluding carboxylic acids is 2. The van der Waals surface area contributed by atoms with Crippen molar-refractivity contribution in [2.24, 2.45) is 7.05 Å². The molecule has 1 N–H and O–H groups in total. The van der Waals surface area contributed by atoms with Crippen LogP contribution in [0, 0.1) is 0 Å². The van der Waals surface area contributed by atoms with E-state index in [9.17, 15) is 9.59 Å². The summed E-state index contributed by atoms with van der Waals surface area (Å²) in [5, 5.41) is 11.8. The fraction of sp³-hybridized carbons (Fsp3) is 0.200. The maximum Gasteiger partial charge on any atom is 0.338 e.